The van der Waals surface area contributed by atoms with Crippen LogP contribution in [-0.2, 0) is 0 Å². The molecule has 0 bridgehead atoms. The largest absolute Gasteiger partial charge is 0.423 e. The first-order valence-electron chi connectivity index (χ1n) is 8.30. The zero-order valence-corrected chi connectivity index (χ0v) is 15.0. The molecule has 1 aromatic carbocycles. The minimum absolute atomic E-state index is 0.494. The summed E-state index contributed by atoms with van der Waals surface area (Å²) < 4.78 is 5.96. The van der Waals surface area contributed by atoms with Crippen LogP contribution in [0.1, 0.15) is 30.3 Å². The first-order chi connectivity index (χ1) is 11.6. The first-order valence-corrected chi connectivity index (χ1v) is 9.12. The van der Waals surface area contributed by atoms with E-state index in [0.29, 0.717) is 5.92 Å². The smallest absolute Gasteiger partial charge is 0.298 e. The molecule has 0 spiro atoms. The van der Waals surface area contributed by atoms with Crippen LogP contribution >= 0.6 is 11.3 Å². The zero-order valence-electron chi connectivity index (χ0n) is 14.2. The second-order valence-electron chi connectivity index (χ2n) is 6.46. The van der Waals surface area contributed by atoms with Crippen LogP contribution in [0, 0.1) is 6.92 Å². The lowest BCUT2D eigenvalue weighted by molar-refractivity contribution is 0.541. The van der Waals surface area contributed by atoms with Gasteiger partial charge in [-0.15, -0.1) is 10.2 Å². The predicted octanol–water partition coefficient (Wildman–Crippen LogP) is 3.44. The molecule has 4 rings (SSSR count). The van der Waals surface area contributed by atoms with Crippen LogP contribution in [0.15, 0.2) is 22.6 Å². The average Bonchev–Trinajstić information content (AvgIpc) is 3.20. The van der Waals surface area contributed by atoms with Gasteiger partial charge in [0, 0.05) is 26.2 Å². The zero-order chi connectivity index (χ0) is 16.7. The highest BCUT2D eigenvalue weighted by Gasteiger charge is 2.23. The molecule has 24 heavy (non-hydrogen) atoms. The molecule has 1 aliphatic heterocycles. The SMILES string of the molecule is Cc1nnc(N2CCN(c3nc4cc(C(C)C)ccc4o3)CC2)s1. The van der Waals surface area contributed by atoms with Crippen molar-refractivity contribution in [3.05, 3.63) is 28.8 Å². The number of aryl methyl sites for hydroxylation is 1. The Morgan fingerprint density at radius 3 is 2.50 bits per heavy atom. The molecule has 0 radical (unpaired) electrons. The number of rotatable bonds is 3. The van der Waals surface area contributed by atoms with E-state index in [0.717, 1.165) is 53.4 Å². The maximum absolute atomic E-state index is 5.96. The summed E-state index contributed by atoms with van der Waals surface area (Å²) in [6.07, 6.45) is 0. The van der Waals surface area contributed by atoms with Crippen LogP contribution in [0.4, 0.5) is 11.1 Å². The molecule has 3 heterocycles. The van der Waals surface area contributed by atoms with E-state index in [1.807, 2.05) is 13.0 Å². The summed E-state index contributed by atoms with van der Waals surface area (Å²) in [6.45, 7) is 9.94. The molecule has 0 amide bonds. The summed E-state index contributed by atoms with van der Waals surface area (Å²) in [5.41, 5.74) is 3.09. The first kappa shape index (κ1) is 15.4. The molecule has 0 N–H and O–H groups in total. The molecule has 2 aromatic heterocycles. The molecule has 6 nitrogen and oxygen atoms in total. The van der Waals surface area contributed by atoms with Gasteiger partial charge in [-0.05, 0) is 30.5 Å². The van der Waals surface area contributed by atoms with Gasteiger partial charge in [-0.3, -0.25) is 0 Å². The standard InChI is InChI=1S/C17H21N5OS/c1-11(2)13-4-5-15-14(10-13)18-16(23-15)21-6-8-22(9-7-21)17-20-19-12(3)24-17/h4-5,10-11H,6-9H2,1-3H3. The Kier molecular flexibility index (Phi) is 3.88. The Labute approximate surface area is 145 Å². The maximum Gasteiger partial charge on any atom is 0.298 e. The Hall–Kier alpha value is -2.15. The number of anilines is 2. The number of hydrogen-bond donors (Lipinski definition) is 0. The lowest BCUT2D eigenvalue weighted by atomic mass is 10.0. The average molecular weight is 343 g/mol. The van der Waals surface area contributed by atoms with Gasteiger partial charge in [0.05, 0.1) is 0 Å². The molecule has 0 unspecified atom stereocenters. The quantitative estimate of drug-likeness (QED) is 0.726. The Morgan fingerprint density at radius 2 is 1.83 bits per heavy atom. The van der Waals surface area contributed by atoms with Crippen LogP contribution in [0.2, 0.25) is 0 Å². The minimum atomic E-state index is 0.494. The van der Waals surface area contributed by atoms with Gasteiger partial charge in [0.15, 0.2) is 5.58 Å². The highest BCUT2D eigenvalue weighted by atomic mass is 32.1. The number of fused-ring (bicyclic) bond motifs is 1. The molecule has 1 fully saturated rings. The summed E-state index contributed by atoms with van der Waals surface area (Å²) in [6, 6.07) is 7.01. The topological polar surface area (TPSA) is 58.3 Å². The van der Waals surface area contributed by atoms with Crippen molar-refractivity contribution >= 4 is 33.6 Å². The van der Waals surface area contributed by atoms with Gasteiger partial charge >= 0.3 is 0 Å². The van der Waals surface area contributed by atoms with Crippen LogP contribution in [0.5, 0.6) is 0 Å². The van der Waals surface area contributed by atoms with E-state index < -0.39 is 0 Å². The van der Waals surface area contributed by atoms with Crippen LogP contribution in [0.3, 0.4) is 0 Å². The maximum atomic E-state index is 5.96. The molecule has 0 saturated carbocycles. The molecule has 1 aliphatic rings. The highest BCUT2D eigenvalue weighted by molar-refractivity contribution is 7.15. The molecular weight excluding hydrogens is 322 g/mol. The molecular formula is C17H21N5OS. The second kappa shape index (κ2) is 6.05. The second-order valence-corrected chi connectivity index (χ2v) is 7.62. The van der Waals surface area contributed by atoms with Crippen molar-refractivity contribution in [1.82, 2.24) is 15.2 Å². The van der Waals surface area contributed by atoms with E-state index in [2.05, 4.69) is 46.0 Å². The fraction of sp³-hybridized carbons (Fsp3) is 0.471. The van der Waals surface area contributed by atoms with E-state index >= 15 is 0 Å². The van der Waals surface area contributed by atoms with Gasteiger partial charge in [0.2, 0.25) is 5.13 Å². The summed E-state index contributed by atoms with van der Waals surface area (Å²) in [4.78, 5) is 9.18. The van der Waals surface area contributed by atoms with Crippen molar-refractivity contribution in [2.75, 3.05) is 36.0 Å². The van der Waals surface area contributed by atoms with E-state index in [-0.39, 0.29) is 0 Å². The molecule has 0 atom stereocenters. The van der Waals surface area contributed by atoms with E-state index in [9.17, 15) is 0 Å². The van der Waals surface area contributed by atoms with E-state index in [1.165, 1.54) is 5.56 Å². The Bertz CT molecular complexity index is 848. The van der Waals surface area contributed by atoms with Gasteiger partial charge in [0.1, 0.15) is 10.5 Å². The van der Waals surface area contributed by atoms with Crippen LogP contribution in [0.25, 0.3) is 11.1 Å². The van der Waals surface area contributed by atoms with Crippen molar-refractivity contribution in [3.63, 3.8) is 0 Å². The van der Waals surface area contributed by atoms with Crippen molar-refractivity contribution in [2.45, 2.75) is 26.7 Å². The summed E-state index contributed by atoms with van der Waals surface area (Å²) >= 11 is 1.65. The number of nitrogens with zero attached hydrogens (tertiary/aromatic N) is 5. The van der Waals surface area contributed by atoms with Crippen molar-refractivity contribution in [2.24, 2.45) is 0 Å². The van der Waals surface area contributed by atoms with Gasteiger partial charge in [-0.1, -0.05) is 31.3 Å². The highest BCUT2D eigenvalue weighted by Crippen LogP contribution is 2.27. The third-order valence-electron chi connectivity index (χ3n) is 4.40. The summed E-state index contributed by atoms with van der Waals surface area (Å²) in [5.74, 6) is 0.494. The molecule has 3 aromatic rings. The fourth-order valence-electron chi connectivity index (χ4n) is 2.93. The third-order valence-corrected chi connectivity index (χ3v) is 5.30. The van der Waals surface area contributed by atoms with E-state index in [1.54, 1.807) is 11.3 Å². The normalized spacial score (nSPS) is 15.7. The fourth-order valence-corrected chi connectivity index (χ4v) is 3.67. The third kappa shape index (κ3) is 2.84. The van der Waals surface area contributed by atoms with Crippen LogP contribution in [-0.4, -0.2) is 41.4 Å². The van der Waals surface area contributed by atoms with Crippen molar-refractivity contribution in [1.29, 1.82) is 0 Å². The van der Waals surface area contributed by atoms with Crippen molar-refractivity contribution < 1.29 is 4.42 Å². The number of piperazine rings is 1. The number of benzene rings is 1. The van der Waals surface area contributed by atoms with Gasteiger partial charge in [0.25, 0.3) is 6.01 Å². The summed E-state index contributed by atoms with van der Waals surface area (Å²) in [7, 11) is 0. The number of aromatic nitrogens is 3. The van der Waals surface area contributed by atoms with E-state index in [4.69, 9.17) is 9.40 Å². The van der Waals surface area contributed by atoms with Gasteiger partial charge in [-0.2, -0.15) is 4.98 Å². The summed E-state index contributed by atoms with van der Waals surface area (Å²) in [5, 5.41) is 10.4. The monoisotopic (exact) mass is 343 g/mol. The molecule has 126 valence electrons. The minimum Gasteiger partial charge on any atom is -0.423 e. The Morgan fingerprint density at radius 1 is 1.08 bits per heavy atom. The molecule has 7 heteroatoms. The number of hydrogen-bond acceptors (Lipinski definition) is 7. The lowest BCUT2D eigenvalue weighted by Crippen LogP contribution is -2.46. The molecule has 1 saturated heterocycles. The van der Waals surface area contributed by atoms with Crippen LogP contribution < -0.4 is 9.80 Å². The van der Waals surface area contributed by atoms with Gasteiger partial charge < -0.3 is 14.2 Å². The van der Waals surface area contributed by atoms with Gasteiger partial charge in [-0.25, -0.2) is 0 Å². The lowest BCUT2D eigenvalue weighted by Gasteiger charge is -2.33. The predicted molar refractivity (Wildman–Crippen MR) is 97.2 cm³/mol. The van der Waals surface area contributed by atoms with Crippen molar-refractivity contribution in [3.8, 4) is 0 Å². The Balaban J connectivity index is 1.50. The molecule has 0 aliphatic carbocycles. The number of oxazole rings is 1.